The zero-order valence-corrected chi connectivity index (χ0v) is 20.2. The van der Waals surface area contributed by atoms with Gasteiger partial charge in [0.25, 0.3) is 0 Å². The summed E-state index contributed by atoms with van der Waals surface area (Å²) in [6, 6.07) is 6.28. The van der Waals surface area contributed by atoms with Crippen molar-refractivity contribution in [1.29, 1.82) is 0 Å². The van der Waals surface area contributed by atoms with E-state index < -0.39 is 6.09 Å². The molecule has 9 nitrogen and oxygen atoms in total. The molecule has 2 aliphatic heterocycles. The third kappa shape index (κ3) is 4.18. The highest BCUT2D eigenvalue weighted by Crippen LogP contribution is 2.40. The van der Waals surface area contributed by atoms with Crippen LogP contribution in [0.2, 0.25) is 0 Å². The molecule has 34 heavy (non-hydrogen) atoms. The Balaban J connectivity index is 1.47. The Bertz CT molecular complexity index is 1080. The number of benzene rings is 1. The summed E-state index contributed by atoms with van der Waals surface area (Å²) >= 11 is 0. The van der Waals surface area contributed by atoms with Crippen molar-refractivity contribution in [3.8, 4) is 11.1 Å². The van der Waals surface area contributed by atoms with Crippen molar-refractivity contribution in [2.45, 2.75) is 70.4 Å². The van der Waals surface area contributed by atoms with E-state index in [1.54, 1.807) is 23.8 Å². The molecule has 3 heterocycles. The average molecular weight is 468 g/mol. The van der Waals surface area contributed by atoms with E-state index in [1.807, 2.05) is 42.9 Å². The Hall–Kier alpha value is -2.91. The third-order valence-electron chi connectivity index (χ3n) is 7.11. The van der Waals surface area contributed by atoms with E-state index in [0.29, 0.717) is 30.4 Å². The molecule has 0 spiro atoms. The molecule has 1 saturated carbocycles. The lowest BCUT2D eigenvalue weighted by Crippen LogP contribution is -2.56. The van der Waals surface area contributed by atoms with Gasteiger partial charge in [-0.3, -0.25) is 14.4 Å². The minimum Gasteiger partial charge on any atom is -0.443 e. The maximum atomic E-state index is 13.5. The van der Waals surface area contributed by atoms with Crippen molar-refractivity contribution >= 4 is 23.4 Å². The number of anilines is 2. The Morgan fingerprint density at radius 1 is 1.12 bits per heavy atom. The van der Waals surface area contributed by atoms with Crippen LogP contribution in [0.15, 0.2) is 30.6 Å². The summed E-state index contributed by atoms with van der Waals surface area (Å²) in [7, 11) is 1.64. The fourth-order valence-corrected chi connectivity index (χ4v) is 5.21. The van der Waals surface area contributed by atoms with E-state index >= 15 is 0 Å². The van der Waals surface area contributed by atoms with Crippen molar-refractivity contribution in [3.63, 3.8) is 0 Å². The number of carbonyl (C=O) groups excluding carboxylic acids is 2. The molecule has 0 radical (unpaired) electrons. The lowest BCUT2D eigenvalue weighted by Gasteiger charge is -2.42. The Morgan fingerprint density at radius 2 is 1.91 bits per heavy atom. The minimum atomic E-state index is -0.414. The predicted octanol–water partition coefficient (Wildman–Crippen LogP) is 3.35. The first-order chi connectivity index (χ1) is 16.4. The molecule has 3 aliphatic rings. The second-order valence-corrected chi connectivity index (χ2v) is 9.65. The molecule has 1 aromatic heterocycles. The van der Waals surface area contributed by atoms with Gasteiger partial charge in [0.1, 0.15) is 12.2 Å². The number of piperidine rings is 1. The van der Waals surface area contributed by atoms with Gasteiger partial charge in [-0.15, -0.1) is 0 Å². The Morgan fingerprint density at radius 3 is 2.62 bits per heavy atom. The fraction of sp³-hybridized carbons (Fsp3) is 0.560. The molecule has 1 N–H and O–H groups in total. The normalized spacial score (nSPS) is 26.8. The third-order valence-corrected chi connectivity index (χ3v) is 7.11. The number of carbonyl (C=O) groups is 2. The Labute approximate surface area is 200 Å². The van der Waals surface area contributed by atoms with Gasteiger partial charge >= 0.3 is 6.09 Å². The summed E-state index contributed by atoms with van der Waals surface area (Å²) < 4.78 is 13.6. The smallest absolute Gasteiger partial charge is 0.414 e. The number of nitrogens with zero attached hydrogens (tertiary/aromatic N) is 4. The second kappa shape index (κ2) is 9.03. The van der Waals surface area contributed by atoms with Crippen molar-refractivity contribution in [3.05, 3.63) is 30.6 Å². The highest BCUT2D eigenvalue weighted by Gasteiger charge is 2.38. The molecule has 182 valence electrons. The molecule has 2 fully saturated rings. The van der Waals surface area contributed by atoms with Crippen LogP contribution in [0.4, 0.5) is 16.2 Å². The standard InChI is InChI=1S/C25H33N5O4/c1-15-13-28(25(32)34-23-9-10-26-16(2)24(23)33-4)22-11-18(5-8-21(22)30(15)17(3)31)19-12-27-29(14-19)20-6-7-20/h5,8,11-12,14-16,20,23-24,26H,6-7,9-10,13H2,1-4H3. The lowest BCUT2D eigenvalue weighted by atomic mass is 9.99. The summed E-state index contributed by atoms with van der Waals surface area (Å²) in [5, 5.41) is 7.87. The number of methoxy groups -OCH3 is 1. The van der Waals surface area contributed by atoms with Gasteiger partial charge in [0.2, 0.25) is 5.91 Å². The average Bonchev–Trinajstić information content (AvgIpc) is 3.54. The molecule has 4 atom stereocenters. The summed E-state index contributed by atoms with van der Waals surface area (Å²) in [6.07, 6.45) is 5.95. The monoisotopic (exact) mass is 467 g/mol. The van der Waals surface area contributed by atoms with Gasteiger partial charge in [-0.2, -0.15) is 5.10 Å². The minimum absolute atomic E-state index is 0.0531. The fourth-order valence-electron chi connectivity index (χ4n) is 5.21. The number of hydrogen-bond acceptors (Lipinski definition) is 6. The van der Waals surface area contributed by atoms with Crippen LogP contribution in [0.5, 0.6) is 0 Å². The summed E-state index contributed by atoms with van der Waals surface area (Å²) in [5.41, 5.74) is 3.32. The van der Waals surface area contributed by atoms with Crippen LogP contribution < -0.4 is 15.1 Å². The first-order valence-corrected chi connectivity index (χ1v) is 12.1. The molecule has 2 aromatic rings. The molecule has 0 bridgehead atoms. The van der Waals surface area contributed by atoms with E-state index in [4.69, 9.17) is 9.47 Å². The van der Waals surface area contributed by atoms with Crippen molar-refractivity contribution < 1.29 is 19.1 Å². The van der Waals surface area contributed by atoms with Gasteiger partial charge in [-0.25, -0.2) is 4.79 Å². The molecule has 9 heteroatoms. The maximum Gasteiger partial charge on any atom is 0.414 e. The first kappa shape index (κ1) is 22.9. The van der Waals surface area contributed by atoms with E-state index in [9.17, 15) is 9.59 Å². The molecule has 2 amide bonds. The number of ether oxygens (including phenoxy) is 2. The topological polar surface area (TPSA) is 88.9 Å². The van der Waals surface area contributed by atoms with Crippen molar-refractivity contribution in [2.75, 3.05) is 30.0 Å². The highest BCUT2D eigenvalue weighted by molar-refractivity contribution is 6.03. The Kier molecular flexibility index (Phi) is 6.07. The van der Waals surface area contributed by atoms with Crippen molar-refractivity contribution in [2.24, 2.45) is 0 Å². The van der Waals surface area contributed by atoms with E-state index in [0.717, 1.165) is 30.5 Å². The summed E-state index contributed by atoms with van der Waals surface area (Å²) in [6.45, 7) is 6.66. The first-order valence-electron chi connectivity index (χ1n) is 12.1. The van der Waals surface area contributed by atoms with Crippen LogP contribution in [0.3, 0.4) is 0 Å². The van der Waals surface area contributed by atoms with Gasteiger partial charge in [0, 0.05) is 38.4 Å². The summed E-state index contributed by atoms with van der Waals surface area (Å²) in [5.74, 6) is -0.0531. The zero-order valence-electron chi connectivity index (χ0n) is 20.2. The van der Waals surface area contributed by atoms with Gasteiger partial charge in [-0.1, -0.05) is 6.07 Å². The number of rotatable bonds is 4. The van der Waals surface area contributed by atoms with Crippen LogP contribution in [-0.4, -0.2) is 66.3 Å². The van der Waals surface area contributed by atoms with Gasteiger partial charge in [0.15, 0.2) is 0 Å². The largest absolute Gasteiger partial charge is 0.443 e. The zero-order chi connectivity index (χ0) is 24.0. The molecule has 1 aliphatic carbocycles. The number of nitrogens with one attached hydrogen (secondary N) is 1. The molecular formula is C25H33N5O4. The summed E-state index contributed by atoms with van der Waals surface area (Å²) in [4.78, 5) is 29.4. The van der Waals surface area contributed by atoms with Crippen LogP contribution in [-0.2, 0) is 14.3 Å². The van der Waals surface area contributed by atoms with E-state index in [-0.39, 0.29) is 30.2 Å². The maximum absolute atomic E-state index is 13.5. The second-order valence-electron chi connectivity index (χ2n) is 9.65. The van der Waals surface area contributed by atoms with Crippen LogP contribution in [0.25, 0.3) is 11.1 Å². The SMILES string of the molecule is COC1C(C)NCCC1OC(=O)N1CC(C)N(C(C)=O)c2ccc(-c3cnn(C4CC4)c3)cc21. The number of aromatic nitrogens is 2. The van der Waals surface area contributed by atoms with E-state index in [2.05, 4.69) is 16.6 Å². The van der Waals surface area contributed by atoms with Gasteiger partial charge in [0.05, 0.1) is 29.7 Å². The predicted molar refractivity (Wildman–Crippen MR) is 129 cm³/mol. The number of hydrogen-bond donors (Lipinski definition) is 1. The van der Waals surface area contributed by atoms with Crippen LogP contribution >= 0.6 is 0 Å². The van der Waals surface area contributed by atoms with Gasteiger partial charge < -0.3 is 19.7 Å². The molecular weight excluding hydrogens is 434 g/mol. The number of fused-ring (bicyclic) bond motifs is 1. The van der Waals surface area contributed by atoms with Crippen LogP contribution in [0, 0.1) is 0 Å². The van der Waals surface area contributed by atoms with Crippen LogP contribution in [0.1, 0.15) is 46.1 Å². The molecule has 1 aromatic carbocycles. The number of amides is 2. The van der Waals surface area contributed by atoms with E-state index in [1.165, 1.54) is 0 Å². The molecule has 1 saturated heterocycles. The lowest BCUT2D eigenvalue weighted by molar-refractivity contribution is -0.117. The quantitative estimate of drug-likeness (QED) is 0.742. The highest BCUT2D eigenvalue weighted by atomic mass is 16.6. The van der Waals surface area contributed by atoms with Gasteiger partial charge in [-0.05, 0) is 57.4 Å². The van der Waals surface area contributed by atoms with Crippen molar-refractivity contribution in [1.82, 2.24) is 15.1 Å². The molecule has 5 rings (SSSR count). The molecule has 4 unspecified atom stereocenters.